The van der Waals surface area contributed by atoms with Crippen LogP contribution in [0.1, 0.15) is 73.7 Å². The lowest BCUT2D eigenvalue weighted by Gasteiger charge is -2.52. The Kier molecular flexibility index (Phi) is 5.08. The van der Waals surface area contributed by atoms with Crippen LogP contribution < -0.4 is 5.32 Å². The second-order valence-corrected chi connectivity index (χ2v) is 12.8. The van der Waals surface area contributed by atoms with Crippen LogP contribution in [0.25, 0.3) is 22.3 Å². The number of likely N-dealkylation sites (N-methyl/N-ethyl adjacent to an activating group) is 1. The second kappa shape index (κ2) is 8.65. The Bertz CT molecular complexity index is 1880. The van der Waals surface area contributed by atoms with Gasteiger partial charge in [0.2, 0.25) is 0 Å². The van der Waals surface area contributed by atoms with Gasteiger partial charge < -0.3 is 19.7 Å². The number of ether oxygens (including phenoxy) is 2. The maximum atomic E-state index is 13.9. The lowest BCUT2D eigenvalue weighted by molar-refractivity contribution is -0.215. The summed E-state index contributed by atoms with van der Waals surface area (Å²) in [4.78, 5) is 29.4. The number of hydrogen-bond acceptors (Lipinski definition) is 4. The molecule has 4 aromatic carbocycles. The number of methoxy groups -OCH3 is 1. The Labute approximate surface area is 250 Å². The monoisotopic (exact) mass is 568 g/mol. The minimum atomic E-state index is -0.772. The van der Waals surface area contributed by atoms with Crippen LogP contribution in [0.3, 0.4) is 0 Å². The SMILES string of the molecule is CO[C@@H]1[C@H](N(C)C(=O)c2ccccc2)C[C@H]2O[C@]1(C)C1c3ccccc3-c3c4c(c5c(c31)C2c1ccccc1-5)C(=O)NC4. The summed E-state index contributed by atoms with van der Waals surface area (Å²) in [5.41, 5.74) is 11.2. The van der Waals surface area contributed by atoms with Crippen molar-refractivity contribution >= 4 is 11.8 Å². The molecular formula is C37H32N2O4. The van der Waals surface area contributed by atoms with E-state index < -0.39 is 5.60 Å². The van der Waals surface area contributed by atoms with Gasteiger partial charge in [-0.2, -0.15) is 0 Å². The highest BCUT2D eigenvalue weighted by Gasteiger charge is 2.62. The van der Waals surface area contributed by atoms with Gasteiger partial charge in [-0.25, -0.2) is 0 Å². The third-order valence-corrected chi connectivity index (χ3v) is 10.9. The lowest BCUT2D eigenvalue weighted by Crippen LogP contribution is -2.64. The zero-order valence-corrected chi connectivity index (χ0v) is 24.4. The Hall–Kier alpha value is -4.26. The van der Waals surface area contributed by atoms with E-state index in [2.05, 4.69) is 60.8 Å². The van der Waals surface area contributed by atoms with Crippen LogP contribution in [0.5, 0.6) is 0 Å². The van der Waals surface area contributed by atoms with Gasteiger partial charge in [0.25, 0.3) is 11.8 Å². The molecule has 2 unspecified atom stereocenters. The molecule has 2 bridgehead atoms. The average Bonchev–Trinajstić information content (AvgIpc) is 3.68. The number of nitrogens with zero attached hydrogens (tertiary/aromatic N) is 1. The van der Waals surface area contributed by atoms with E-state index in [4.69, 9.17) is 9.47 Å². The fourth-order valence-corrected chi connectivity index (χ4v) is 9.31. The quantitative estimate of drug-likeness (QED) is 0.336. The zero-order valence-electron chi connectivity index (χ0n) is 24.4. The molecule has 2 amide bonds. The summed E-state index contributed by atoms with van der Waals surface area (Å²) in [6.45, 7) is 2.71. The molecule has 0 radical (unpaired) electrons. The van der Waals surface area contributed by atoms with Crippen molar-refractivity contribution in [1.29, 1.82) is 0 Å². The van der Waals surface area contributed by atoms with Crippen LogP contribution in [-0.4, -0.2) is 54.7 Å². The Balaban J connectivity index is 1.34. The predicted molar refractivity (Wildman–Crippen MR) is 163 cm³/mol. The van der Waals surface area contributed by atoms with Crippen molar-refractivity contribution in [3.8, 4) is 22.3 Å². The van der Waals surface area contributed by atoms with Crippen LogP contribution in [0.4, 0.5) is 0 Å². The summed E-state index contributed by atoms with van der Waals surface area (Å²) < 4.78 is 13.8. The molecule has 0 spiro atoms. The fourth-order valence-electron chi connectivity index (χ4n) is 9.31. The summed E-state index contributed by atoms with van der Waals surface area (Å²) in [6, 6.07) is 26.4. The summed E-state index contributed by atoms with van der Waals surface area (Å²) in [5, 5.41) is 3.16. The van der Waals surface area contributed by atoms with Gasteiger partial charge in [-0.3, -0.25) is 9.59 Å². The summed E-state index contributed by atoms with van der Waals surface area (Å²) in [7, 11) is 3.65. The summed E-state index contributed by atoms with van der Waals surface area (Å²) in [5.74, 6) is -0.204. The molecule has 6 nitrogen and oxygen atoms in total. The first kappa shape index (κ1) is 25.3. The first-order valence-corrected chi connectivity index (χ1v) is 15.2. The van der Waals surface area contributed by atoms with E-state index in [0.717, 1.165) is 22.3 Å². The zero-order chi connectivity index (χ0) is 29.2. The highest BCUT2D eigenvalue weighted by molar-refractivity contribution is 6.11. The van der Waals surface area contributed by atoms with E-state index in [1.165, 1.54) is 33.4 Å². The van der Waals surface area contributed by atoms with Gasteiger partial charge in [0.15, 0.2) is 0 Å². The number of amides is 2. The maximum absolute atomic E-state index is 13.9. The number of fused-ring (bicyclic) bond motifs is 13. The van der Waals surface area contributed by atoms with E-state index in [1.54, 1.807) is 7.11 Å². The minimum Gasteiger partial charge on any atom is -0.376 e. The third kappa shape index (κ3) is 3.05. The van der Waals surface area contributed by atoms with E-state index in [0.29, 0.717) is 18.5 Å². The molecule has 6 atom stereocenters. The molecule has 214 valence electrons. The van der Waals surface area contributed by atoms with E-state index in [1.807, 2.05) is 42.3 Å². The smallest absolute Gasteiger partial charge is 0.253 e. The molecule has 9 rings (SSSR count). The molecule has 0 aromatic heterocycles. The van der Waals surface area contributed by atoms with Crippen molar-refractivity contribution in [3.05, 3.63) is 118 Å². The maximum Gasteiger partial charge on any atom is 0.253 e. The Morgan fingerprint density at radius 1 is 0.907 bits per heavy atom. The molecule has 43 heavy (non-hydrogen) atoms. The topological polar surface area (TPSA) is 67.9 Å². The first-order valence-electron chi connectivity index (χ1n) is 15.2. The molecule has 1 N–H and O–H groups in total. The highest BCUT2D eigenvalue weighted by Crippen LogP contribution is 2.66. The van der Waals surface area contributed by atoms with Gasteiger partial charge in [0.1, 0.15) is 11.7 Å². The highest BCUT2D eigenvalue weighted by atomic mass is 16.6. The molecule has 6 heteroatoms. The number of carbonyl (C=O) groups is 2. The van der Waals surface area contributed by atoms with Crippen molar-refractivity contribution in [2.45, 2.75) is 55.6 Å². The average molecular weight is 569 g/mol. The van der Waals surface area contributed by atoms with Crippen LogP contribution in [0.15, 0.2) is 78.9 Å². The largest absolute Gasteiger partial charge is 0.376 e. The number of hydrogen-bond donors (Lipinski definition) is 1. The van der Waals surface area contributed by atoms with Crippen molar-refractivity contribution in [2.24, 2.45) is 0 Å². The van der Waals surface area contributed by atoms with Gasteiger partial charge in [-0.05, 0) is 75.5 Å². The fraction of sp³-hybridized carbons (Fsp3) is 0.297. The number of carbonyl (C=O) groups excluding carboxylic acids is 2. The van der Waals surface area contributed by atoms with Gasteiger partial charge in [0.05, 0.1) is 17.7 Å². The van der Waals surface area contributed by atoms with E-state index in [9.17, 15) is 9.59 Å². The van der Waals surface area contributed by atoms with Crippen LogP contribution in [-0.2, 0) is 16.0 Å². The van der Waals surface area contributed by atoms with Gasteiger partial charge in [0, 0.05) is 38.1 Å². The van der Waals surface area contributed by atoms with Crippen molar-refractivity contribution in [2.75, 3.05) is 14.2 Å². The van der Waals surface area contributed by atoms with Gasteiger partial charge in [-0.15, -0.1) is 0 Å². The number of nitrogens with one attached hydrogen (secondary N) is 1. The predicted octanol–water partition coefficient (Wildman–Crippen LogP) is 5.87. The third-order valence-electron chi connectivity index (χ3n) is 10.9. The molecule has 2 aliphatic carbocycles. The molecule has 5 aliphatic rings. The summed E-state index contributed by atoms with van der Waals surface area (Å²) in [6.07, 6.45) is 0.0240. The number of rotatable bonds is 3. The standard InChI is InChI=1S/C37H32N2O4/c1-37-33-23-16-10-9-15-22(23)27-24-18-38-35(40)30(24)29-21-14-8-7-13-20(21)28(31(29)32(27)33)26(43-37)17-25(34(37)42-3)39(2)36(41)19-11-5-4-6-12-19/h4-16,25-26,28,33-34H,17-18H2,1-3H3,(H,38,40)/t25-,26-,28?,33?,34-,37-/m1/s1. The van der Waals surface area contributed by atoms with Crippen LogP contribution >= 0.6 is 0 Å². The van der Waals surface area contributed by atoms with Gasteiger partial charge in [-0.1, -0.05) is 66.7 Å². The van der Waals surface area contributed by atoms with Crippen molar-refractivity contribution < 1.29 is 19.1 Å². The van der Waals surface area contributed by atoms with Gasteiger partial charge >= 0.3 is 0 Å². The van der Waals surface area contributed by atoms with Crippen molar-refractivity contribution in [1.82, 2.24) is 10.2 Å². The second-order valence-electron chi connectivity index (χ2n) is 12.8. The van der Waals surface area contributed by atoms with E-state index >= 15 is 0 Å². The van der Waals surface area contributed by atoms with Crippen LogP contribution in [0.2, 0.25) is 0 Å². The minimum absolute atomic E-state index is 0.000573. The lowest BCUT2D eigenvalue weighted by atomic mass is 9.73. The first-order chi connectivity index (χ1) is 20.9. The Morgan fingerprint density at radius 2 is 1.58 bits per heavy atom. The van der Waals surface area contributed by atoms with E-state index in [-0.39, 0.29) is 41.9 Å². The Morgan fingerprint density at radius 3 is 2.33 bits per heavy atom. The molecule has 4 aromatic rings. The van der Waals surface area contributed by atoms with Crippen molar-refractivity contribution in [3.63, 3.8) is 0 Å². The molecule has 1 saturated heterocycles. The summed E-state index contributed by atoms with van der Waals surface area (Å²) >= 11 is 0. The molecular weight excluding hydrogens is 536 g/mol. The molecule has 1 fully saturated rings. The normalized spacial score (nSPS) is 28.3. The van der Waals surface area contributed by atoms with Crippen LogP contribution in [0, 0.1) is 0 Å². The molecule has 3 heterocycles. The molecule has 0 saturated carbocycles. The molecule has 3 aliphatic heterocycles. The number of benzene rings is 4.